The molecular weight excluding hydrogens is 344 g/mol. The average Bonchev–Trinajstić information content (AvgIpc) is 3.24. The van der Waals surface area contributed by atoms with Crippen molar-refractivity contribution in [2.45, 2.75) is 24.8 Å². The van der Waals surface area contributed by atoms with Crippen LogP contribution in [0.25, 0.3) is 10.6 Å². The number of aliphatic carboxylic acids is 1. The molecule has 0 unspecified atom stereocenters. The molecule has 0 spiro atoms. The monoisotopic (exact) mass is 362 g/mol. The largest absolute Gasteiger partial charge is 0.493 e. The number of carboxylic acid groups (broad SMARTS) is 1. The van der Waals surface area contributed by atoms with Crippen LogP contribution in [0.2, 0.25) is 0 Å². The van der Waals surface area contributed by atoms with Crippen LogP contribution >= 0.6 is 11.3 Å². The summed E-state index contributed by atoms with van der Waals surface area (Å²) in [7, 11) is 3.14. The van der Waals surface area contributed by atoms with Crippen LogP contribution in [0.5, 0.6) is 11.5 Å². The Balaban J connectivity index is 1.70. The van der Waals surface area contributed by atoms with Gasteiger partial charge in [0.25, 0.3) is 0 Å². The van der Waals surface area contributed by atoms with Gasteiger partial charge in [-0.15, -0.1) is 11.3 Å². The lowest BCUT2D eigenvalue weighted by molar-refractivity contribution is -0.143. The number of rotatable bonds is 7. The number of amides is 1. The molecule has 25 heavy (non-hydrogen) atoms. The topological polar surface area (TPSA) is 97.8 Å². The van der Waals surface area contributed by atoms with E-state index in [0.29, 0.717) is 30.0 Å². The van der Waals surface area contributed by atoms with Gasteiger partial charge in [0, 0.05) is 10.9 Å². The molecule has 1 amide bonds. The lowest BCUT2D eigenvalue weighted by Crippen LogP contribution is -2.43. The van der Waals surface area contributed by atoms with Crippen molar-refractivity contribution in [1.82, 2.24) is 10.3 Å². The number of nitrogens with zero attached hydrogens (tertiary/aromatic N) is 1. The van der Waals surface area contributed by atoms with Gasteiger partial charge in [0.15, 0.2) is 11.5 Å². The van der Waals surface area contributed by atoms with E-state index in [0.717, 1.165) is 10.6 Å². The Morgan fingerprint density at radius 3 is 2.60 bits per heavy atom. The number of benzene rings is 1. The number of carboxylic acids is 1. The molecule has 8 heteroatoms. The van der Waals surface area contributed by atoms with Gasteiger partial charge < -0.3 is 19.9 Å². The van der Waals surface area contributed by atoms with Crippen LogP contribution in [0.1, 0.15) is 18.5 Å². The first-order chi connectivity index (χ1) is 12.0. The molecule has 2 N–H and O–H groups in total. The summed E-state index contributed by atoms with van der Waals surface area (Å²) >= 11 is 1.41. The predicted octanol–water partition coefficient (Wildman–Crippen LogP) is 2.10. The third kappa shape index (κ3) is 3.58. The molecule has 1 aromatic carbocycles. The van der Waals surface area contributed by atoms with E-state index in [1.165, 1.54) is 11.3 Å². The minimum Gasteiger partial charge on any atom is -0.493 e. The molecule has 0 bridgehead atoms. The standard InChI is InChI=1S/C17H18N2O5S/c1-23-12-4-3-10(7-13(12)24-2)15-18-11(9-25-15)8-14(20)19-17(5-6-17)16(21)22/h3-4,7,9H,5-6,8H2,1-2H3,(H,19,20)(H,21,22). The Bertz CT molecular complexity index is 813. The Morgan fingerprint density at radius 2 is 2.00 bits per heavy atom. The van der Waals surface area contributed by atoms with Gasteiger partial charge >= 0.3 is 5.97 Å². The van der Waals surface area contributed by atoms with E-state index in [-0.39, 0.29) is 12.3 Å². The number of carbonyl (C=O) groups excluding carboxylic acids is 1. The van der Waals surface area contributed by atoms with Gasteiger partial charge in [-0.3, -0.25) is 4.79 Å². The first-order valence-corrected chi connectivity index (χ1v) is 8.56. The molecule has 1 aromatic heterocycles. The van der Waals surface area contributed by atoms with Crippen LogP contribution in [0.15, 0.2) is 23.6 Å². The van der Waals surface area contributed by atoms with E-state index in [4.69, 9.17) is 14.6 Å². The SMILES string of the molecule is COc1ccc(-c2nc(CC(=O)NC3(C(=O)O)CC3)cs2)cc1OC. The van der Waals surface area contributed by atoms with E-state index >= 15 is 0 Å². The maximum Gasteiger partial charge on any atom is 0.329 e. The second-order valence-electron chi connectivity index (χ2n) is 5.83. The van der Waals surface area contributed by atoms with Crippen molar-refractivity contribution >= 4 is 23.2 Å². The molecule has 0 atom stereocenters. The summed E-state index contributed by atoms with van der Waals surface area (Å²) in [6, 6.07) is 5.49. The first-order valence-electron chi connectivity index (χ1n) is 7.68. The highest BCUT2D eigenvalue weighted by molar-refractivity contribution is 7.13. The second-order valence-corrected chi connectivity index (χ2v) is 6.68. The first kappa shape index (κ1) is 17.2. The predicted molar refractivity (Wildman–Crippen MR) is 92.1 cm³/mol. The van der Waals surface area contributed by atoms with Crippen molar-refractivity contribution in [2.24, 2.45) is 0 Å². The molecule has 1 saturated carbocycles. The molecule has 0 saturated heterocycles. The smallest absolute Gasteiger partial charge is 0.329 e. The van der Waals surface area contributed by atoms with Crippen molar-refractivity contribution < 1.29 is 24.2 Å². The summed E-state index contributed by atoms with van der Waals surface area (Å²) in [5.74, 6) is -0.0772. The van der Waals surface area contributed by atoms with E-state index in [1.807, 2.05) is 12.1 Å². The molecule has 1 aliphatic carbocycles. The molecule has 1 heterocycles. The Hall–Kier alpha value is -2.61. The normalized spacial score (nSPS) is 14.6. The van der Waals surface area contributed by atoms with Gasteiger partial charge in [0.1, 0.15) is 10.5 Å². The summed E-state index contributed by atoms with van der Waals surface area (Å²) in [5.41, 5.74) is 0.395. The third-order valence-corrected chi connectivity index (χ3v) is 5.00. The number of thiazole rings is 1. The van der Waals surface area contributed by atoms with Crippen LogP contribution in [0, 0.1) is 0 Å². The maximum atomic E-state index is 12.1. The third-order valence-electron chi connectivity index (χ3n) is 4.06. The van der Waals surface area contributed by atoms with E-state index < -0.39 is 11.5 Å². The quantitative estimate of drug-likeness (QED) is 0.783. The van der Waals surface area contributed by atoms with Crippen molar-refractivity contribution in [2.75, 3.05) is 14.2 Å². The number of carbonyl (C=O) groups is 2. The zero-order valence-electron chi connectivity index (χ0n) is 13.9. The fraction of sp³-hybridized carbons (Fsp3) is 0.353. The summed E-state index contributed by atoms with van der Waals surface area (Å²) in [4.78, 5) is 27.6. The van der Waals surface area contributed by atoms with Crippen molar-refractivity contribution in [1.29, 1.82) is 0 Å². The van der Waals surface area contributed by atoms with E-state index in [2.05, 4.69) is 10.3 Å². The van der Waals surface area contributed by atoms with Crippen molar-refractivity contribution in [3.05, 3.63) is 29.3 Å². The lowest BCUT2D eigenvalue weighted by Gasteiger charge is -2.11. The fourth-order valence-electron chi connectivity index (χ4n) is 2.48. The van der Waals surface area contributed by atoms with Gasteiger partial charge in [-0.25, -0.2) is 9.78 Å². The van der Waals surface area contributed by atoms with Gasteiger partial charge in [-0.05, 0) is 31.0 Å². The highest BCUT2D eigenvalue weighted by Crippen LogP contribution is 2.36. The zero-order valence-corrected chi connectivity index (χ0v) is 14.7. The number of aromatic nitrogens is 1. The summed E-state index contributed by atoms with van der Waals surface area (Å²) in [6.07, 6.45) is 1.00. The highest BCUT2D eigenvalue weighted by atomic mass is 32.1. The molecule has 3 rings (SSSR count). The van der Waals surface area contributed by atoms with Gasteiger partial charge in [0.05, 0.1) is 26.3 Å². The Kier molecular flexibility index (Phi) is 4.63. The van der Waals surface area contributed by atoms with Crippen molar-refractivity contribution in [3.63, 3.8) is 0 Å². The van der Waals surface area contributed by atoms with Crippen LogP contribution < -0.4 is 14.8 Å². The zero-order chi connectivity index (χ0) is 18.0. The van der Waals surface area contributed by atoms with Gasteiger partial charge in [-0.2, -0.15) is 0 Å². The number of methoxy groups -OCH3 is 2. The molecule has 0 radical (unpaired) electrons. The van der Waals surface area contributed by atoms with E-state index in [1.54, 1.807) is 25.7 Å². The molecular formula is C17H18N2O5S. The number of ether oxygens (including phenoxy) is 2. The summed E-state index contributed by atoms with van der Waals surface area (Å²) in [5, 5.41) is 14.3. The molecule has 1 fully saturated rings. The van der Waals surface area contributed by atoms with Crippen LogP contribution in [0.3, 0.4) is 0 Å². The fourth-order valence-corrected chi connectivity index (χ4v) is 3.30. The number of nitrogens with one attached hydrogen (secondary N) is 1. The lowest BCUT2D eigenvalue weighted by atomic mass is 10.2. The van der Waals surface area contributed by atoms with Gasteiger partial charge in [-0.1, -0.05) is 0 Å². The summed E-state index contributed by atoms with van der Waals surface area (Å²) < 4.78 is 10.5. The average molecular weight is 362 g/mol. The molecule has 1 aliphatic rings. The van der Waals surface area contributed by atoms with E-state index in [9.17, 15) is 9.59 Å². The number of hydrogen-bond donors (Lipinski definition) is 2. The van der Waals surface area contributed by atoms with Gasteiger partial charge in [0.2, 0.25) is 5.91 Å². The molecule has 0 aliphatic heterocycles. The minimum atomic E-state index is -1.07. The van der Waals surface area contributed by atoms with Crippen molar-refractivity contribution in [3.8, 4) is 22.1 Å². The molecule has 2 aromatic rings. The molecule has 7 nitrogen and oxygen atoms in total. The molecule has 132 valence electrons. The van der Waals surface area contributed by atoms with Crippen LogP contribution in [0.4, 0.5) is 0 Å². The maximum absolute atomic E-state index is 12.1. The number of hydrogen-bond acceptors (Lipinski definition) is 6. The summed E-state index contributed by atoms with van der Waals surface area (Å²) in [6.45, 7) is 0. The highest BCUT2D eigenvalue weighted by Gasteiger charge is 2.51. The Labute approximate surface area is 148 Å². The van der Waals surface area contributed by atoms with Crippen LogP contribution in [-0.4, -0.2) is 41.7 Å². The second kappa shape index (κ2) is 6.72. The Morgan fingerprint density at radius 1 is 1.28 bits per heavy atom. The van der Waals surface area contributed by atoms with Crippen LogP contribution in [-0.2, 0) is 16.0 Å². The minimum absolute atomic E-state index is 0.0544.